The summed E-state index contributed by atoms with van der Waals surface area (Å²) in [6.07, 6.45) is 1.89. The maximum absolute atomic E-state index is 8.77. The molecule has 0 heterocycles. The molecule has 0 amide bonds. The van der Waals surface area contributed by atoms with Crippen LogP contribution in [0.15, 0.2) is 24.3 Å². The Labute approximate surface area is 185 Å². The van der Waals surface area contributed by atoms with Crippen molar-refractivity contribution in [3.63, 3.8) is 0 Å². The molecule has 0 unspecified atom stereocenters. The Kier molecular flexibility index (Phi) is 20.6. The highest BCUT2D eigenvalue weighted by molar-refractivity contribution is 9.09. The summed E-state index contributed by atoms with van der Waals surface area (Å²) in [5.74, 6) is 0. The highest BCUT2D eigenvalue weighted by atomic mass is 79.9. The van der Waals surface area contributed by atoms with Crippen LogP contribution >= 0.6 is 15.9 Å². The quantitative estimate of drug-likeness (QED) is 0.460. The van der Waals surface area contributed by atoms with Gasteiger partial charge in [-0.1, -0.05) is 69.9 Å². The van der Waals surface area contributed by atoms with E-state index in [2.05, 4.69) is 81.7 Å². The molecule has 1 nitrogen and oxygen atoms in total. The average Bonchev–Trinajstić information content (AvgIpc) is 2.51. The summed E-state index contributed by atoms with van der Waals surface area (Å²) in [4.78, 5) is 0. The number of hydrogen-bond donors (Lipinski definition) is 1. The Morgan fingerprint density at radius 2 is 0.893 bits per heavy atom. The smallest absolute Gasteiger partial charge is 0.0471 e. The van der Waals surface area contributed by atoms with Crippen LogP contribution in [0.1, 0.15) is 74.2 Å². The molecule has 0 aliphatic rings. The Morgan fingerprint density at radius 1 is 0.607 bits per heavy atom. The number of hydrogen-bond acceptors (Lipinski definition) is 1. The first-order valence-corrected chi connectivity index (χ1v) is 9.72. The predicted molar refractivity (Wildman–Crippen MR) is 137 cm³/mol. The van der Waals surface area contributed by atoms with E-state index in [4.69, 9.17) is 5.11 Å². The van der Waals surface area contributed by atoms with E-state index in [1.165, 1.54) is 44.5 Å². The first kappa shape index (κ1) is 34.4. The van der Waals surface area contributed by atoms with Crippen molar-refractivity contribution in [1.29, 1.82) is 0 Å². The van der Waals surface area contributed by atoms with Gasteiger partial charge in [-0.05, 0) is 98.9 Å². The molecule has 0 radical (unpaired) electrons. The molecule has 2 aromatic carbocycles. The maximum atomic E-state index is 8.77. The van der Waals surface area contributed by atoms with Gasteiger partial charge in [-0.25, -0.2) is 0 Å². The second-order valence-electron chi connectivity index (χ2n) is 6.62. The minimum absolute atomic E-state index is 0. The first-order valence-electron chi connectivity index (χ1n) is 8.60. The van der Waals surface area contributed by atoms with Gasteiger partial charge < -0.3 is 5.11 Å². The fraction of sp³-hybridized carbons (Fsp3) is 0.538. The van der Waals surface area contributed by atoms with Gasteiger partial charge in [-0.15, -0.1) is 0 Å². The molecule has 2 aromatic rings. The van der Waals surface area contributed by atoms with Crippen molar-refractivity contribution in [2.45, 2.75) is 84.1 Å². The molecule has 0 saturated heterocycles. The zero-order valence-corrected chi connectivity index (χ0v) is 17.5. The lowest BCUT2D eigenvalue weighted by Crippen LogP contribution is -1.94. The lowest BCUT2D eigenvalue weighted by Gasteiger charge is -2.07. The van der Waals surface area contributed by atoms with Crippen molar-refractivity contribution in [3.8, 4) is 0 Å². The van der Waals surface area contributed by atoms with E-state index in [-0.39, 0.29) is 36.3 Å². The molecular weight excluding hydrogens is 408 g/mol. The zero-order valence-electron chi connectivity index (χ0n) is 16.0. The van der Waals surface area contributed by atoms with Crippen molar-refractivity contribution in [3.05, 3.63) is 68.8 Å². The molecule has 2 rings (SSSR count). The molecule has 0 aliphatic carbocycles. The molecule has 0 saturated carbocycles. The topological polar surface area (TPSA) is 20.2 Å². The lowest BCUT2D eigenvalue weighted by molar-refractivity contribution is 0.299. The summed E-state index contributed by atoms with van der Waals surface area (Å²) in [6.45, 7) is 13.1. The number of halogens is 1. The Balaban J connectivity index is -0.000000180. The molecule has 0 fully saturated rings. The molecule has 0 atom stereocenters. The molecule has 0 bridgehead atoms. The van der Waals surface area contributed by atoms with Crippen LogP contribution in [0.25, 0.3) is 0 Å². The van der Waals surface area contributed by atoms with Gasteiger partial charge in [-0.2, -0.15) is 0 Å². The lowest BCUT2D eigenvalue weighted by atomic mass is 9.99. The number of aliphatic hydroxyl groups is 1. The summed E-state index contributed by atoms with van der Waals surface area (Å²) in [6, 6.07) is 8.87. The van der Waals surface area contributed by atoms with Gasteiger partial charge in [0.2, 0.25) is 0 Å². The summed E-state index contributed by atoms with van der Waals surface area (Å²) < 4.78 is 0. The van der Waals surface area contributed by atoms with Crippen molar-refractivity contribution in [2.75, 3.05) is 11.9 Å². The van der Waals surface area contributed by atoms with Crippen LogP contribution in [0.3, 0.4) is 0 Å². The minimum Gasteiger partial charge on any atom is -0.396 e. The molecule has 28 heavy (non-hydrogen) atoms. The third-order valence-corrected chi connectivity index (χ3v) is 5.15. The molecule has 164 valence electrons. The van der Waals surface area contributed by atoms with Crippen molar-refractivity contribution < 1.29 is 5.11 Å². The van der Waals surface area contributed by atoms with E-state index >= 15 is 0 Å². The van der Waals surface area contributed by atoms with Gasteiger partial charge in [-0.3, -0.25) is 0 Å². The second kappa shape index (κ2) is 16.8. The van der Waals surface area contributed by atoms with E-state index in [1.54, 1.807) is 0 Å². The standard InChI is InChI=1S/C11H15Br.C11H16O.4CH4/c2*1-8-6-11(4-5-12)7-9(2)10(8)3;;;;/h6-7H,4-5H2,1-3H3;6-7,12H,4-5H2,1-3H3;4*1H4. The SMILES string of the molecule is C.C.C.C.Cc1cc(CCBr)cc(C)c1C.Cc1cc(CCO)cc(C)c1C. The molecular formula is C26H47BrO. The number of benzene rings is 2. The van der Waals surface area contributed by atoms with Gasteiger partial charge in [0.05, 0.1) is 0 Å². The summed E-state index contributed by atoms with van der Waals surface area (Å²) in [5.41, 5.74) is 10.9. The van der Waals surface area contributed by atoms with Gasteiger partial charge in [0, 0.05) is 11.9 Å². The zero-order chi connectivity index (χ0) is 18.3. The van der Waals surface area contributed by atoms with Gasteiger partial charge in [0.15, 0.2) is 0 Å². The summed E-state index contributed by atoms with van der Waals surface area (Å²) >= 11 is 3.45. The number of aliphatic hydroxyl groups excluding tert-OH is 1. The molecule has 0 aliphatic heterocycles. The number of aryl methyl sites for hydroxylation is 5. The average molecular weight is 456 g/mol. The van der Waals surface area contributed by atoms with Gasteiger partial charge >= 0.3 is 0 Å². The molecule has 2 heteroatoms. The predicted octanol–water partition coefficient (Wildman–Crippen LogP) is 8.24. The summed E-state index contributed by atoms with van der Waals surface area (Å²) in [5, 5.41) is 9.82. The summed E-state index contributed by atoms with van der Waals surface area (Å²) in [7, 11) is 0. The maximum Gasteiger partial charge on any atom is 0.0471 e. The van der Waals surface area contributed by atoms with E-state index in [9.17, 15) is 0 Å². The van der Waals surface area contributed by atoms with Crippen LogP contribution in [0.5, 0.6) is 0 Å². The third kappa shape index (κ3) is 10.4. The molecule has 0 aromatic heterocycles. The van der Waals surface area contributed by atoms with E-state index in [0.29, 0.717) is 0 Å². The first-order chi connectivity index (χ1) is 11.3. The Morgan fingerprint density at radius 3 is 1.14 bits per heavy atom. The van der Waals surface area contributed by atoms with Gasteiger partial charge in [0.25, 0.3) is 0 Å². The van der Waals surface area contributed by atoms with Crippen LogP contribution in [0.2, 0.25) is 0 Å². The Bertz CT molecular complexity index is 569. The Hall–Kier alpha value is -1.12. The van der Waals surface area contributed by atoms with Crippen molar-refractivity contribution in [2.24, 2.45) is 0 Å². The fourth-order valence-electron chi connectivity index (χ4n) is 2.78. The van der Waals surface area contributed by atoms with E-state index in [1.807, 2.05) is 0 Å². The van der Waals surface area contributed by atoms with Crippen molar-refractivity contribution in [1.82, 2.24) is 0 Å². The number of rotatable bonds is 4. The van der Waals surface area contributed by atoms with E-state index < -0.39 is 0 Å². The fourth-order valence-corrected chi connectivity index (χ4v) is 3.24. The van der Waals surface area contributed by atoms with Crippen LogP contribution < -0.4 is 0 Å². The second-order valence-corrected chi connectivity index (χ2v) is 7.41. The molecule has 1 N–H and O–H groups in total. The minimum atomic E-state index is 0. The highest BCUT2D eigenvalue weighted by Crippen LogP contribution is 2.16. The highest BCUT2D eigenvalue weighted by Gasteiger charge is 2.00. The normalized spacial score (nSPS) is 8.86. The largest absolute Gasteiger partial charge is 0.396 e. The van der Waals surface area contributed by atoms with Crippen LogP contribution in [0.4, 0.5) is 0 Å². The van der Waals surface area contributed by atoms with Crippen LogP contribution in [0, 0.1) is 41.5 Å². The van der Waals surface area contributed by atoms with Crippen LogP contribution in [-0.2, 0) is 12.8 Å². The molecule has 0 spiro atoms. The van der Waals surface area contributed by atoms with Crippen LogP contribution in [-0.4, -0.2) is 17.0 Å². The van der Waals surface area contributed by atoms with Gasteiger partial charge in [0.1, 0.15) is 0 Å². The monoisotopic (exact) mass is 454 g/mol. The number of alkyl halides is 1. The third-order valence-electron chi connectivity index (χ3n) is 4.76. The van der Waals surface area contributed by atoms with Crippen molar-refractivity contribution >= 4 is 15.9 Å². The van der Waals surface area contributed by atoms with E-state index in [0.717, 1.165) is 18.2 Å².